The van der Waals surface area contributed by atoms with Gasteiger partial charge in [0.15, 0.2) is 0 Å². The average molecular weight is 348 g/mol. The van der Waals surface area contributed by atoms with Crippen LogP contribution in [-0.4, -0.2) is 47.3 Å². The Kier molecular flexibility index (Phi) is 5.15. The van der Waals surface area contributed by atoms with Crippen molar-refractivity contribution in [1.29, 1.82) is 0 Å². The van der Waals surface area contributed by atoms with E-state index in [2.05, 4.69) is 10.2 Å². The van der Waals surface area contributed by atoms with Crippen LogP contribution in [0, 0.1) is 0 Å². The highest BCUT2D eigenvalue weighted by atomic mass is 35.5. The van der Waals surface area contributed by atoms with Gasteiger partial charge in [-0.2, -0.15) is 0 Å². The molecule has 1 unspecified atom stereocenters. The molecule has 7 heteroatoms. The third-order valence-electron chi connectivity index (χ3n) is 3.88. The van der Waals surface area contributed by atoms with E-state index in [1.54, 1.807) is 24.3 Å². The second-order valence-corrected chi connectivity index (χ2v) is 6.02. The van der Waals surface area contributed by atoms with Gasteiger partial charge in [-0.05, 0) is 17.7 Å². The molecule has 126 valence electrons. The van der Waals surface area contributed by atoms with Crippen LogP contribution in [0.15, 0.2) is 36.4 Å². The molecule has 24 heavy (non-hydrogen) atoms. The molecule has 0 bridgehead atoms. The third-order valence-corrected chi connectivity index (χ3v) is 4.13. The fourth-order valence-electron chi connectivity index (χ4n) is 2.59. The van der Waals surface area contributed by atoms with Crippen LogP contribution in [0.5, 0.6) is 11.8 Å². The zero-order valence-electron chi connectivity index (χ0n) is 13.3. The predicted molar refractivity (Wildman–Crippen MR) is 89.4 cm³/mol. The summed E-state index contributed by atoms with van der Waals surface area (Å²) in [6.07, 6.45) is 1.08. The van der Waals surface area contributed by atoms with Gasteiger partial charge < -0.3 is 14.4 Å². The molecule has 1 fully saturated rings. The first-order valence-corrected chi connectivity index (χ1v) is 8.08. The van der Waals surface area contributed by atoms with Crippen LogP contribution in [-0.2, 0) is 11.2 Å². The van der Waals surface area contributed by atoms with Crippen LogP contribution < -0.4 is 9.47 Å². The standard InChI is InChI=1S/C17H18ClN3O3/c1-23-15-6-7-16(20-19-15)24-14-8-9-21(11-14)17(22)10-12-2-4-13(18)5-3-12/h2-7,14H,8-11H2,1H3. The van der Waals surface area contributed by atoms with E-state index in [-0.39, 0.29) is 12.0 Å². The van der Waals surface area contributed by atoms with E-state index in [1.165, 1.54) is 7.11 Å². The monoisotopic (exact) mass is 347 g/mol. The molecule has 6 nitrogen and oxygen atoms in total. The number of carbonyl (C=O) groups excluding carboxylic acids is 1. The van der Waals surface area contributed by atoms with Crippen molar-refractivity contribution in [2.24, 2.45) is 0 Å². The first-order valence-electron chi connectivity index (χ1n) is 7.70. The molecular weight excluding hydrogens is 330 g/mol. The Morgan fingerprint density at radius 2 is 1.92 bits per heavy atom. The Labute approximate surface area is 145 Å². The lowest BCUT2D eigenvalue weighted by Crippen LogP contribution is -2.32. The molecule has 0 spiro atoms. The van der Waals surface area contributed by atoms with Crippen molar-refractivity contribution in [1.82, 2.24) is 15.1 Å². The molecule has 1 amide bonds. The van der Waals surface area contributed by atoms with Gasteiger partial charge in [0.25, 0.3) is 0 Å². The van der Waals surface area contributed by atoms with Crippen LogP contribution in [0.3, 0.4) is 0 Å². The highest BCUT2D eigenvalue weighted by molar-refractivity contribution is 6.30. The minimum atomic E-state index is -0.0677. The molecule has 1 aromatic heterocycles. The van der Waals surface area contributed by atoms with Gasteiger partial charge in [0.05, 0.1) is 20.1 Å². The van der Waals surface area contributed by atoms with E-state index in [9.17, 15) is 4.79 Å². The lowest BCUT2D eigenvalue weighted by molar-refractivity contribution is -0.129. The number of amides is 1. The number of halogens is 1. The van der Waals surface area contributed by atoms with E-state index in [4.69, 9.17) is 21.1 Å². The molecule has 2 heterocycles. The molecule has 0 radical (unpaired) electrons. The number of rotatable bonds is 5. The van der Waals surface area contributed by atoms with Gasteiger partial charge in [0.1, 0.15) is 6.10 Å². The number of ether oxygens (including phenoxy) is 2. The Morgan fingerprint density at radius 3 is 2.58 bits per heavy atom. The highest BCUT2D eigenvalue weighted by Crippen LogP contribution is 2.18. The first-order chi connectivity index (χ1) is 11.6. The molecule has 0 saturated carbocycles. The van der Waals surface area contributed by atoms with Gasteiger partial charge in [0.2, 0.25) is 17.7 Å². The fraction of sp³-hybridized carbons (Fsp3) is 0.353. The summed E-state index contributed by atoms with van der Waals surface area (Å²) in [6, 6.07) is 10.7. The Morgan fingerprint density at radius 1 is 1.21 bits per heavy atom. The summed E-state index contributed by atoms with van der Waals surface area (Å²) in [5.74, 6) is 0.963. The predicted octanol–water partition coefficient (Wildman–Crippen LogP) is 2.36. The summed E-state index contributed by atoms with van der Waals surface area (Å²) in [5.41, 5.74) is 0.954. The van der Waals surface area contributed by atoms with E-state index in [0.29, 0.717) is 36.3 Å². The van der Waals surface area contributed by atoms with Crippen LogP contribution in [0.4, 0.5) is 0 Å². The second-order valence-electron chi connectivity index (χ2n) is 5.59. The lowest BCUT2D eigenvalue weighted by Gasteiger charge is -2.17. The van der Waals surface area contributed by atoms with Gasteiger partial charge >= 0.3 is 0 Å². The summed E-state index contributed by atoms with van der Waals surface area (Å²) < 4.78 is 10.7. The zero-order valence-corrected chi connectivity index (χ0v) is 14.1. The van der Waals surface area contributed by atoms with Crippen LogP contribution in [0.1, 0.15) is 12.0 Å². The molecule has 1 saturated heterocycles. The Bertz CT molecular complexity index is 691. The molecule has 1 aliphatic rings. The fourth-order valence-corrected chi connectivity index (χ4v) is 2.72. The first kappa shape index (κ1) is 16.5. The smallest absolute Gasteiger partial charge is 0.233 e. The number of hydrogen-bond donors (Lipinski definition) is 0. The van der Waals surface area contributed by atoms with Crippen LogP contribution in [0.25, 0.3) is 0 Å². The minimum absolute atomic E-state index is 0.0677. The number of benzene rings is 1. The molecule has 1 aromatic carbocycles. The van der Waals surface area contributed by atoms with E-state index in [1.807, 2.05) is 17.0 Å². The summed E-state index contributed by atoms with van der Waals surface area (Å²) in [6.45, 7) is 1.24. The average Bonchev–Trinajstić information content (AvgIpc) is 3.06. The summed E-state index contributed by atoms with van der Waals surface area (Å²) in [4.78, 5) is 14.2. The summed E-state index contributed by atoms with van der Waals surface area (Å²) in [7, 11) is 1.53. The van der Waals surface area contributed by atoms with Crippen molar-refractivity contribution >= 4 is 17.5 Å². The molecule has 1 aliphatic heterocycles. The third kappa shape index (κ3) is 4.14. The molecule has 0 N–H and O–H groups in total. The van der Waals surface area contributed by atoms with Gasteiger partial charge in [-0.1, -0.05) is 23.7 Å². The molecule has 3 rings (SSSR count). The van der Waals surface area contributed by atoms with Gasteiger partial charge in [0, 0.05) is 30.1 Å². The van der Waals surface area contributed by atoms with Crippen molar-refractivity contribution in [3.8, 4) is 11.8 Å². The van der Waals surface area contributed by atoms with E-state index < -0.39 is 0 Å². The number of nitrogens with zero attached hydrogens (tertiary/aromatic N) is 3. The zero-order chi connectivity index (χ0) is 16.9. The molecular formula is C17H18ClN3O3. The Balaban J connectivity index is 1.52. The maximum absolute atomic E-state index is 12.4. The lowest BCUT2D eigenvalue weighted by atomic mass is 10.1. The normalized spacial score (nSPS) is 16.9. The number of carbonyl (C=O) groups is 1. The van der Waals surface area contributed by atoms with Crippen molar-refractivity contribution in [2.75, 3.05) is 20.2 Å². The summed E-state index contributed by atoms with van der Waals surface area (Å²) >= 11 is 5.86. The number of hydrogen-bond acceptors (Lipinski definition) is 5. The maximum Gasteiger partial charge on any atom is 0.233 e. The Hall–Kier alpha value is -2.34. The van der Waals surface area contributed by atoms with Crippen LogP contribution in [0.2, 0.25) is 5.02 Å². The summed E-state index contributed by atoms with van der Waals surface area (Å²) in [5, 5.41) is 8.48. The maximum atomic E-state index is 12.4. The molecule has 1 atom stereocenters. The minimum Gasteiger partial charge on any atom is -0.480 e. The molecule has 2 aromatic rings. The van der Waals surface area contributed by atoms with Crippen molar-refractivity contribution in [2.45, 2.75) is 18.9 Å². The number of aromatic nitrogens is 2. The topological polar surface area (TPSA) is 64.6 Å². The molecule has 0 aliphatic carbocycles. The van der Waals surface area contributed by atoms with E-state index >= 15 is 0 Å². The van der Waals surface area contributed by atoms with Gasteiger partial charge in [-0.25, -0.2) is 0 Å². The van der Waals surface area contributed by atoms with Gasteiger partial charge in [-0.3, -0.25) is 4.79 Å². The SMILES string of the molecule is COc1ccc(OC2CCN(C(=O)Cc3ccc(Cl)cc3)C2)nn1. The van der Waals surface area contributed by atoms with Crippen LogP contribution >= 0.6 is 11.6 Å². The van der Waals surface area contributed by atoms with Gasteiger partial charge in [-0.15, -0.1) is 10.2 Å². The number of methoxy groups -OCH3 is 1. The van der Waals surface area contributed by atoms with Crippen molar-refractivity contribution < 1.29 is 14.3 Å². The van der Waals surface area contributed by atoms with Crippen molar-refractivity contribution in [3.63, 3.8) is 0 Å². The highest BCUT2D eigenvalue weighted by Gasteiger charge is 2.27. The van der Waals surface area contributed by atoms with Crippen molar-refractivity contribution in [3.05, 3.63) is 47.0 Å². The number of likely N-dealkylation sites (tertiary alicyclic amines) is 1. The van der Waals surface area contributed by atoms with E-state index in [0.717, 1.165) is 12.0 Å². The largest absolute Gasteiger partial charge is 0.480 e. The second kappa shape index (κ2) is 7.49. The quantitative estimate of drug-likeness (QED) is 0.830.